The fourth-order valence-electron chi connectivity index (χ4n) is 2.89. The average molecular weight is 300 g/mol. The summed E-state index contributed by atoms with van der Waals surface area (Å²) in [6.07, 6.45) is 0.00390. The quantitative estimate of drug-likeness (QED) is 0.855. The summed E-state index contributed by atoms with van der Waals surface area (Å²) in [4.78, 5) is 14.4. The maximum Gasteiger partial charge on any atom is 0.292 e. The zero-order chi connectivity index (χ0) is 15.7. The second-order valence-corrected chi connectivity index (χ2v) is 6.32. The van der Waals surface area contributed by atoms with Crippen LogP contribution in [0.5, 0.6) is 0 Å². The van der Waals surface area contributed by atoms with Crippen molar-refractivity contribution in [2.24, 2.45) is 0 Å². The smallest absolute Gasteiger partial charge is 0.292 e. The van der Waals surface area contributed by atoms with Gasteiger partial charge in [0.1, 0.15) is 5.69 Å². The van der Waals surface area contributed by atoms with E-state index in [2.05, 4.69) is 5.16 Å². The normalized spacial score (nSPS) is 20.9. The second kappa shape index (κ2) is 5.57. The van der Waals surface area contributed by atoms with Crippen LogP contribution in [-0.4, -0.2) is 40.8 Å². The van der Waals surface area contributed by atoms with Crippen molar-refractivity contribution < 1.29 is 14.1 Å². The second-order valence-electron chi connectivity index (χ2n) is 6.32. The van der Waals surface area contributed by atoms with Crippen molar-refractivity contribution in [1.29, 1.82) is 0 Å². The monoisotopic (exact) mass is 300 g/mol. The van der Waals surface area contributed by atoms with E-state index in [1.807, 2.05) is 51.1 Å². The molecule has 0 bridgehead atoms. The highest BCUT2D eigenvalue weighted by molar-refractivity contribution is 5.92. The van der Waals surface area contributed by atoms with Gasteiger partial charge >= 0.3 is 0 Å². The largest absolute Gasteiger partial charge is 0.369 e. The Labute approximate surface area is 129 Å². The minimum absolute atomic E-state index is 0.00390. The fourth-order valence-corrected chi connectivity index (χ4v) is 2.89. The van der Waals surface area contributed by atoms with Gasteiger partial charge in [0.25, 0.3) is 5.91 Å². The third-order valence-corrected chi connectivity index (χ3v) is 3.65. The van der Waals surface area contributed by atoms with E-state index in [0.29, 0.717) is 18.8 Å². The molecule has 1 atom stereocenters. The van der Waals surface area contributed by atoms with Gasteiger partial charge in [-0.2, -0.15) is 0 Å². The van der Waals surface area contributed by atoms with Gasteiger partial charge in [0.15, 0.2) is 0 Å². The van der Waals surface area contributed by atoms with Crippen LogP contribution in [0.1, 0.15) is 31.3 Å². The Morgan fingerprint density at radius 3 is 2.73 bits per heavy atom. The Bertz CT molecular complexity index is 664. The Kier molecular flexibility index (Phi) is 3.74. The van der Waals surface area contributed by atoms with Crippen LogP contribution in [0.15, 0.2) is 40.9 Å². The van der Waals surface area contributed by atoms with Crippen molar-refractivity contribution in [2.75, 3.05) is 13.1 Å². The number of carbonyl (C=O) groups excluding carboxylic acids is 1. The molecule has 1 saturated heterocycles. The van der Waals surface area contributed by atoms with E-state index in [1.54, 1.807) is 11.0 Å². The number of amides is 1. The Morgan fingerprint density at radius 2 is 2.05 bits per heavy atom. The molecule has 5 heteroatoms. The average Bonchev–Trinajstić information content (AvgIpc) is 2.95. The van der Waals surface area contributed by atoms with Crippen LogP contribution in [0.3, 0.4) is 0 Å². The molecule has 0 saturated carbocycles. The molecule has 5 nitrogen and oxygen atoms in total. The lowest BCUT2D eigenvalue weighted by atomic mass is 10.1. The summed E-state index contributed by atoms with van der Waals surface area (Å²) in [6, 6.07) is 11.4. The first-order valence-corrected chi connectivity index (χ1v) is 7.44. The van der Waals surface area contributed by atoms with E-state index < -0.39 is 0 Å². The highest BCUT2D eigenvalue weighted by Gasteiger charge is 2.35. The van der Waals surface area contributed by atoms with E-state index in [0.717, 1.165) is 5.56 Å². The molecule has 0 spiro atoms. The Balaban J connectivity index is 1.80. The molecular weight excluding hydrogens is 280 g/mol. The van der Waals surface area contributed by atoms with Gasteiger partial charge in [-0.3, -0.25) is 4.79 Å². The van der Waals surface area contributed by atoms with Crippen molar-refractivity contribution in [3.63, 3.8) is 0 Å². The molecule has 1 unspecified atom stereocenters. The number of rotatable bonds is 2. The molecule has 1 aromatic heterocycles. The Hall–Kier alpha value is -2.14. The zero-order valence-corrected chi connectivity index (χ0v) is 13.1. The van der Waals surface area contributed by atoms with E-state index in [-0.39, 0.29) is 23.4 Å². The molecule has 0 radical (unpaired) electrons. The molecule has 116 valence electrons. The van der Waals surface area contributed by atoms with Gasteiger partial charge < -0.3 is 14.2 Å². The summed E-state index contributed by atoms with van der Waals surface area (Å²) < 4.78 is 11.1. The molecular formula is C17H20N2O3. The lowest BCUT2D eigenvalue weighted by Gasteiger charge is -2.41. The minimum Gasteiger partial charge on any atom is -0.369 e. The standard InChI is InChI=1S/C17H20N2O3/c1-12-10-19(11-17(2,3)21-12)16(20)15-9-14(18-22-15)13-7-5-4-6-8-13/h4-9,12H,10-11H2,1-3H3. The summed E-state index contributed by atoms with van der Waals surface area (Å²) in [5, 5.41) is 4.00. The van der Waals surface area contributed by atoms with Crippen molar-refractivity contribution in [3.05, 3.63) is 42.2 Å². The predicted molar refractivity (Wildman–Crippen MR) is 82.5 cm³/mol. The first-order valence-electron chi connectivity index (χ1n) is 7.44. The van der Waals surface area contributed by atoms with E-state index in [9.17, 15) is 4.79 Å². The molecule has 22 heavy (non-hydrogen) atoms. The van der Waals surface area contributed by atoms with Crippen molar-refractivity contribution in [3.8, 4) is 11.3 Å². The molecule has 1 aliphatic heterocycles. The highest BCUT2D eigenvalue weighted by Crippen LogP contribution is 2.24. The number of morpholine rings is 1. The molecule has 2 aromatic rings. The molecule has 1 fully saturated rings. The zero-order valence-electron chi connectivity index (χ0n) is 13.1. The highest BCUT2D eigenvalue weighted by atomic mass is 16.5. The molecule has 2 heterocycles. The number of aromatic nitrogens is 1. The van der Waals surface area contributed by atoms with E-state index in [4.69, 9.17) is 9.26 Å². The lowest BCUT2D eigenvalue weighted by Crippen LogP contribution is -2.53. The summed E-state index contributed by atoms with van der Waals surface area (Å²) in [6.45, 7) is 7.04. The van der Waals surface area contributed by atoms with Crippen LogP contribution < -0.4 is 0 Å². The first-order chi connectivity index (χ1) is 10.4. The minimum atomic E-state index is -0.352. The molecule has 0 N–H and O–H groups in total. The lowest BCUT2D eigenvalue weighted by molar-refractivity contribution is -0.119. The maximum atomic E-state index is 12.6. The number of ether oxygens (including phenoxy) is 1. The third-order valence-electron chi connectivity index (χ3n) is 3.65. The molecule has 1 aliphatic rings. The van der Waals surface area contributed by atoms with Crippen molar-refractivity contribution in [1.82, 2.24) is 10.1 Å². The van der Waals surface area contributed by atoms with E-state index in [1.165, 1.54) is 0 Å². The van der Waals surface area contributed by atoms with Crippen LogP contribution in [0.25, 0.3) is 11.3 Å². The number of benzene rings is 1. The molecule has 0 aliphatic carbocycles. The van der Waals surface area contributed by atoms with Gasteiger partial charge in [0.05, 0.1) is 11.7 Å². The van der Waals surface area contributed by atoms with Crippen LogP contribution >= 0.6 is 0 Å². The van der Waals surface area contributed by atoms with Gasteiger partial charge in [-0.25, -0.2) is 0 Å². The summed E-state index contributed by atoms with van der Waals surface area (Å²) in [5.41, 5.74) is 1.25. The summed E-state index contributed by atoms with van der Waals surface area (Å²) in [5.74, 6) is 0.127. The van der Waals surface area contributed by atoms with E-state index >= 15 is 0 Å². The third kappa shape index (κ3) is 3.04. The van der Waals surface area contributed by atoms with Crippen molar-refractivity contribution in [2.45, 2.75) is 32.5 Å². The number of carbonyl (C=O) groups is 1. The number of nitrogens with zero attached hydrogens (tertiary/aromatic N) is 2. The van der Waals surface area contributed by atoms with Crippen LogP contribution in [0, 0.1) is 0 Å². The summed E-state index contributed by atoms with van der Waals surface area (Å²) in [7, 11) is 0. The predicted octanol–water partition coefficient (Wildman–Crippen LogP) is 2.98. The number of hydrogen-bond donors (Lipinski definition) is 0. The molecule has 3 rings (SSSR count). The van der Waals surface area contributed by atoms with Gasteiger partial charge in [-0.05, 0) is 20.8 Å². The van der Waals surface area contributed by atoms with Gasteiger partial charge in [-0.15, -0.1) is 0 Å². The molecule has 1 aromatic carbocycles. The van der Waals surface area contributed by atoms with Gasteiger partial charge in [0, 0.05) is 24.7 Å². The molecule has 1 amide bonds. The van der Waals surface area contributed by atoms with Crippen LogP contribution in [-0.2, 0) is 4.74 Å². The topological polar surface area (TPSA) is 55.6 Å². The number of hydrogen-bond acceptors (Lipinski definition) is 4. The van der Waals surface area contributed by atoms with Crippen LogP contribution in [0.4, 0.5) is 0 Å². The SMILES string of the molecule is CC1CN(C(=O)c2cc(-c3ccccc3)no2)CC(C)(C)O1. The van der Waals surface area contributed by atoms with Gasteiger partial charge in [-0.1, -0.05) is 35.5 Å². The van der Waals surface area contributed by atoms with Crippen molar-refractivity contribution >= 4 is 5.91 Å². The summed E-state index contributed by atoms with van der Waals surface area (Å²) >= 11 is 0. The maximum absolute atomic E-state index is 12.6. The first kappa shape index (κ1) is 14.8. The van der Waals surface area contributed by atoms with Gasteiger partial charge in [0.2, 0.25) is 5.76 Å². The Morgan fingerprint density at radius 1 is 1.32 bits per heavy atom. The fraction of sp³-hybridized carbons (Fsp3) is 0.412. The van der Waals surface area contributed by atoms with Crippen LogP contribution in [0.2, 0.25) is 0 Å².